The second-order valence-electron chi connectivity index (χ2n) is 5.63. The average Bonchev–Trinajstić information content (AvgIpc) is 2.90. The highest BCUT2D eigenvalue weighted by Gasteiger charge is 2.40. The minimum absolute atomic E-state index is 0.368. The molecule has 1 heterocycles. The molecule has 0 amide bonds. The lowest BCUT2D eigenvalue weighted by atomic mass is 10.1. The number of halogens is 7. The molecule has 0 fully saturated rings. The van der Waals surface area contributed by atoms with Crippen LogP contribution in [-0.4, -0.2) is 20.8 Å². The number of rotatable bonds is 3. The van der Waals surface area contributed by atoms with Crippen molar-refractivity contribution in [3.8, 4) is 11.4 Å². The van der Waals surface area contributed by atoms with Gasteiger partial charge in [-0.1, -0.05) is 6.07 Å². The van der Waals surface area contributed by atoms with Crippen LogP contribution in [0.5, 0.6) is 0 Å². The Morgan fingerprint density at radius 1 is 1.08 bits per heavy atom. The fourth-order valence-electron chi connectivity index (χ4n) is 2.19. The van der Waals surface area contributed by atoms with E-state index in [0.29, 0.717) is 12.3 Å². The third-order valence-electron chi connectivity index (χ3n) is 3.44. The minimum atomic E-state index is -4.99. The van der Waals surface area contributed by atoms with Gasteiger partial charge in [-0.2, -0.15) is 26.3 Å². The number of alkyl halides is 6. The molecule has 0 aliphatic rings. The van der Waals surface area contributed by atoms with Crippen LogP contribution in [-0.2, 0) is 6.18 Å². The van der Waals surface area contributed by atoms with E-state index in [0.717, 1.165) is 16.7 Å². The molecule has 0 saturated carbocycles. The average molecular weight is 370 g/mol. The summed E-state index contributed by atoms with van der Waals surface area (Å²) in [6.07, 6.45) is -11.9. The molecule has 10 heteroatoms. The van der Waals surface area contributed by atoms with E-state index in [-0.39, 0.29) is 5.82 Å². The third kappa shape index (κ3) is 3.94. The van der Waals surface area contributed by atoms with Gasteiger partial charge < -0.3 is 9.67 Å². The van der Waals surface area contributed by atoms with Gasteiger partial charge in [0.25, 0.3) is 0 Å². The Morgan fingerprint density at radius 3 is 2.12 bits per heavy atom. The standard InChI is InChI=1S/C15H13F7N2O/c1-7(2)24-6-11(14(17,18)19)23-13(24)9-4-3-8(5-10(9)16)12(25)15(20,21)22/h3-7,12,25H,1-2H3. The summed E-state index contributed by atoms with van der Waals surface area (Å²) in [5, 5.41) is 9.14. The molecule has 1 unspecified atom stereocenters. The number of benzene rings is 1. The van der Waals surface area contributed by atoms with Gasteiger partial charge in [-0.15, -0.1) is 0 Å². The molecule has 1 atom stereocenters. The maximum atomic E-state index is 14.2. The monoisotopic (exact) mass is 370 g/mol. The van der Waals surface area contributed by atoms with Gasteiger partial charge in [0.15, 0.2) is 11.8 Å². The summed E-state index contributed by atoms with van der Waals surface area (Å²) < 4.78 is 91.2. The van der Waals surface area contributed by atoms with Gasteiger partial charge in [0, 0.05) is 12.2 Å². The molecule has 0 aliphatic heterocycles. The van der Waals surface area contributed by atoms with Crippen molar-refractivity contribution in [3.05, 3.63) is 41.5 Å². The Balaban J connectivity index is 2.54. The number of imidazole rings is 1. The summed E-state index contributed by atoms with van der Waals surface area (Å²) in [5.41, 5.74) is -2.40. The van der Waals surface area contributed by atoms with E-state index in [1.807, 2.05) is 0 Å². The van der Waals surface area contributed by atoms with Gasteiger partial charge in [0.1, 0.15) is 11.6 Å². The molecule has 25 heavy (non-hydrogen) atoms. The zero-order chi connectivity index (χ0) is 19.2. The lowest BCUT2D eigenvalue weighted by Gasteiger charge is -2.16. The third-order valence-corrected chi connectivity index (χ3v) is 3.44. The first kappa shape index (κ1) is 19.2. The smallest absolute Gasteiger partial charge is 0.379 e. The van der Waals surface area contributed by atoms with Crippen molar-refractivity contribution in [2.45, 2.75) is 38.3 Å². The van der Waals surface area contributed by atoms with E-state index in [2.05, 4.69) is 4.98 Å². The molecular formula is C15H13F7N2O. The number of aliphatic hydroxyl groups excluding tert-OH is 1. The van der Waals surface area contributed by atoms with Crippen LogP contribution < -0.4 is 0 Å². The van der Waals surface area contributed by atoms with Crippen LogP contribution in [0.15, 0.2) is 24.4 Å². The Bertz CT molecular complexity index is 762. The summed E-state index contributed by atoms with van der Waals surface area (Å²) in [7, 11) is 0. The predicted molar refractivity (Wildman–Crippen MR) is 74.0 cm³/mol. The van der Waals surface area contributed by atoms with Crippen LogP contribution in [0.1, 0.15) is 37.3 Å². The first-order valence-corrected chi connectivity index (χ1v) is 7.03. The normalized spacial score (nSPS) is 14.2. The SMILES string of the molecule is CC(C)n1cc(C(F)(F)F)nc1-c1ccc(C(O)C(F)(F)F)cc1F. The second-order valence-corrected chi connectivity index (χ2v) is 5.63. The first-order chi connectivity index (χ1) is 11.3. The van der Waals surface area contributed by atoms with E-state index in [1.165, 1.54) is 0 Å². The molecule has 0 radical (unpaired) electrons. The molecule has 0 saturated heterocycles. The Labute approximate surface area is 137 Å². The van der Waals surface area contributed by atoms with E-state index in [1.54, 1.807) is 13.8 Å². The molecule has 2 aromatic rings. The summed E-state index contributed by atoms with van der Waals surface area (Å²) in [5.74, 6) is -1.59. The molecule has 0 bridgehead atoms. The summed E-state index contributed by atoms with van der Waals surface area (Å²) in [4.78, 5) is 3.37. The predicted octanol–water partition coefficient (Wildman–Crippen LogP) is 4.88. The Morgan fingerprint density at radius 2 is 1.68 bits per heavy atom. The van der Waals surface area contributed by atoms with Gasteiger partial charge in [-0.25, -0.2) is 9.37 Å². The lowest BCUT2D eigenvalue weighted by molar-refractivity contribution is -0.206. The molecule has 1 aromatic heterocycles. The molecule has 138 valence electrons. The van der Waals surface area contributed by atoms with E-state index < -0.39 is 47.1 Å². The maximum Gasteiger partial charge on any atom is 0.434 e. The lowest BCUT2D eigenvalue weighted by Crippen LogP contribution is -2.20. The molecule has 3 nitrogen and oxygen atoms in total. The van der Waals surface area contributed by atoms with Crippen LogP contribution in [0.3, 0.4) is 0 Å². The van der Waals surface area contributed by atoms with Crippen LogP contribution >= 0.6 is 0 Å². The highest BCUT2D eigenvalue weighted by Crippen LogP contribution is 2.36. The van der Waals surface area contributed by atoms with Gasteiger partial charge >= 0.3 is 12.4 Å². The number of aliphatic hydroxyl groups is 1. The molecule has 2 rings (SSSR count). The van der Waals surface area contributed by atoms with Crippen molar-refractivity contribution < 1.29 is 35.8 Å². The number of hydrogen-bond donors (Lipinski definition) is 1. The number of aromatic nitrogens is 2. The van der Waals surface area contributed by atoms with Gasteiger partial charge in [-0.3, -0.25) is 0 Å². The number of hydrogen-bond acceptors (Lipinski definition) is 2. The van der Waals surface area contributed by atoms with E-state index in [4.69, 9.17) is 5.11 Å². The molecular weight excluding hydrogens is 357 g/mol. The van der Waals surface area contributed by atoms with E-state index in [9.17, 15) is 30.7 Å². The Hall–Kier alpha value is -2.10. The maximum absolute atomic E-state index is 14.2. The van der Waals surface area contributed by atoms with Crippen LogP contribution in [0.2, 0.25) is 0 Å². The quantitative estimate of drug-likeness (QED) is 0.782. The fourth-order valence-corrected chi connectivity index (χ4v) is 2.19. The summed E-state index contributed by atoms with van der Waals surface area (Å²) in [6.45, 7) is 3.09. The molecule has 1 aromatic carbocycles. The molecule has 0 spiro atoms. The van der Waals surface area contributed by atoms with Gasteiger partial charge in [-0.05, 0) is 31.5 Å². The zero-order valence-corrected chi connectivity index (χ0v) is 13.0. The highest BCUT2D eigenvalue weighted by molar-refractivity contribution is 5.58. The topological polar surface area (TPSA) is 38.0 Å². The molecule has 0 aliphatic carbocycles. The highest BCUT2D eigenvalue weighted by atomic mass is 19.4. The van der Waals surface area contributed by atoms with Crippen LogP contribution in [0.4, 0.5) is 30.7 Å². The Kier molecular flexibility index (Phi) is 4.86. The van der Waals surface area contributed by atoms with Crippen LogP contribution in [0.25, 0.3) is 11.4 Å². The number of nitrogens with zero attached hydrogens (tertiary/aromatic N) is 2. The zero-order valence-electron chi connectivity index (χ0n) is 13.0. The second kappa shape index (κ2) is 6.32. The van der Waals surface area contributed by atoms with Crippen molar-refractivity contribution in [1.82, 2.24) is 9.55 Å². The van der Waals surface area contributed by atoms with Crippen molar-refractivity contribution in [1.29, 1.82) is 0 Å². The largest absolute Gasteiger partial charge is 0.434 e. The summed E-state index contributed by atoms with van der Waals surface area (Å²) >= 11 is 0. The van der Waals surface area contributed by atoms with Crippen molar-refractivity contribution in [2.24, 2.45) is 0 Å². The van der Waals surface area contributed by atoms with Gasteiger partial charge in [0.05, 0.1) is 5.56 Å². The van der Waals surface area contributed by atoms with Crippen molar-refractivity contribution in [2.75, 3.05) is 0 Å². The summed E-state index contributed by atoms with van der Waals surface area (Å²) in [6, 6.07) is 1.59. The van der Waals surface area contributed by atoms with Crippen molar-refractivity contribution >= 4 is 0 Å². The van der Waals surface area contributed by atoms with Gasteiger partial charge in [0.2, 0.25) is 0 Å². The van der Waals surface area contributed by atoms with Crippen molar-refractivity contribution in [3.63, 3.8) is 0 Å². The first-order valence-electron chi connectivity index (χ1n) is 7.03. The van der Waals surface area contributed by atoms with E-state index >= 15 is 0 Å². The minimum Gasteiger partial charge on any atom is -0.379 e. The van der Waals surface area contributed by atoms with Crippen LogP contribution in [0, 0.1) is 5.82 Å². The molecule has 1 N–H and O–H groups in total. The fraction of sp³-hybridized carbons (Fsp3) is 0.400.